The van der Waals surface area contributed by atoms with Gasteiger partial charge in [-0.05, 0) is 48.9 Å². The summed E-state index contributed by atoms with van der Waals surface area (Å²) in [5.74, 6) is 1.20. The fourth-order valence-electron chi connectivity index (χ4n) is 4.48. The monoisotopic (exact) mass is 515 g/mol. The van der Waals surface area contributed by atoms with Crippen LogP contribution in [0.3, 0.4) is 0 Å². The summed E-state index contributed by atoms with van der Waals surface area (Å²) in [6.45, 7) is 4.92. The molecule has 0 bridgehead atoms. The lowest BCUT2D eigenvalue weighted by Crippen LogP contribution is -2.36. The number of hydrogen-bond acceptors (Lipinski definition) is 7. The van der Waals surface area contributed by atoms with Crippen molar-refractivity contribution in [2.24, 2.45) is 0 Å². The molecule has 37 heavy (non-hydrogen) atoms. The molecule has 1 saturated heterocycles. The Kier molecular flexibility index (Phi) is 7.58. The van der Waals surface area contributed by atoms with Gasteiger partial charge in [-0.3, -0.25) is 14.2 Å². The van der Waals surface area contributed by atoms with Gasteiger partial charge in [0.2, 0.25) is 0 Å². The van der Waals surface area contributed by atoms with E-state index in [1.54, 1.807) is 24.7 Å². The SMILES string of the molecule is COc1ccc(C(C)=O)cc1CSc1nc2ccc(N3CCOCC3)cc2c(=O)n1Cc1ccccc1. The Morgan fingerprint density at radius 2 is 1.84 bits per heavy atom. The van der Waals surface area contributed by atoms with E-state index >= 15 is 0 Å². The van der Waals surface area contributed by atoms with E-state index in [0.29, 0.717) is 52.9 Å². The lowest BCUT2D eigenvalue weighted by Gasteiger charge is -2.29. The molecule has 4 aromatic rings. The number of methoxy groups -OCH3 is 1. The van der Waals surface area contributed by atoms with Crippen LogP contribution in [0.2, 0.25) is 0 Å². The summed E-state index contributed by atoms with van der Waals surface area (Å²) >= 11 is 1.46. The molecule has 0 saturated carbocycles. The number of nitrogens with zero attached hydrogens (tertiary/aromatic N) is 3. The second kappa shape index (κ2) is 11.2. The maximum Gasteiger partial charge on any atom is 0.262 e. The third-order valence-electron chi connectivity index (χ3n) is 6.51. The summed E-state index contributed by atoms with van der Waals surface area (Å²) in [6, 6.07) is 21.2. The third kappa shape index (κ3) is 5.55. The summed E-state index contributed by atoms with van der Waals surface area (Å²) in [5.41, 5.74) is 4.12. The molecule has 0 N–H and O–H groups in total. The third-order valence-corrected chi connectivity index (χ3v) is 7.53. The number of carbonyl (C=O) groups excluding carboxylic acids is 1. The van der Waals surface area contributed by atoms with Gasteiger partial charge < -0.3 is 14.4 Å². The molecule has 1 aromatic heterocycles. The van der Waals surface area contributed by atoms with Gasteiger partial charge in [0, 0.05) is 35.7 Å². The van der Waals surface area contributed by atoms with Gasteiger partial charge in [0.15, 0.2) is 10.9 Å². The first kappa shape index (κ1) is 25.0. The Morgan fingerprint density at radius 3 is 2.57 bits per heavy atom. The van der Waals surface area contributed by atoms with E-state index in [1.807, 2.05) is 60.7 Å². The normalized spacial score (nSPS) is 13.6. The second-order valence-corrected chi connectivity index (χ2v) is 9.89. The van der Waals surface area contributed by atoms with Gasteiger partial charge in [0.1, 0.15) is 5.75 Å². The van der Waals surface area contributed by atoms with E-state index in [9.17, 15) is 9.59 Å². The molecule has 0 amide bonds. The molecule has 2 heterocycles. The number of ketones is 1. The van der Waals surface area contributed by atoms with Gasteiger partial charge in [-0.15, -0.1) is 0 Å². The molecule has 7 nitrogen and oxygen atoms in total. The van der Waals surface area contributed by atoms with Crippen LogP contribution < -0.4 is 15.2 Å². The van der Waals surface area contributed by atoms with Crippen molar-refractivity contribution in [1.82, 2.24) is 9.55 Å². The number of benzene rings is 3. The summed E-state index contributed by atoms with van der Waals surface area (Å²) in [7, 11) is 1.61. The van der Waals surface area contributed by atoms with Gasteiger partial charge in [-0.1, -0.05) is 42.1 Å². The molecule has 0 unspecified atom stereocenters. The molecule has 1 aliphatic rings. The highest BCUT2D eigenvalue weighted by atomic mass is 32.2. The van der Waals surface area contributed by atoms with Crippen molar-refractivity contribution in [3.63, 3.8) is 0 Å². The van der Waals surface area contributed by atoms with Crippen LogP contribution in [-0.4, -0.2) is 48.7 Å². The number of Topliss-reactive ketones (excluding diaryl/α,β-unsaturated/α-hetero) is 1. The summed E-state index contributed by atoms with van der Waals surface area (Å²) in [4.78, 5) is 33.0. The van der Waals surface area contributed by atoms with Crippen molar-refractivity contribution in [2.45, 2.75) is 24.4 Å². The maximum absolute atomic E-state index is 13.9. The quantitative estimate of drug-likeness (QED) is 0.190. The van der Waals surface area contributed by atoms with Crippen LogP contribution in [0.1, 0.15) is 28.4 Å². The topological polar surface area (TPSA) is 73.7 Å². The average Bonchev–Trinajstić information content (AvgIpc) is 2.94. The fourth-order valence-corrected chi connectivity index (χ4v) is 5.45. The molecular formula is C29H29N3O4S. The minimum atomic E-state index is -0.0732. The molecule has 3 aromatic carbocycles. The molecule has 1 aliphatic heterocycles. The van der Waals surface area contributed by atoms with Crippen LogP contribution in [0.4, 0.5) is 5.69 Å². The van der Waals surface area contributed by atoms with E-state index in [0.717, 1.165) is 29.9 Å². The van der Waals surface area contributed by atoms with Gasteiger partial charge in [0.05, 0.1) is 37.8 Å². The van der Waals surface area contributed by atoms with E-state index in [-0.39, 0.29) is 11.3 Å². The van der Waals surface area contributed by atoms with Crippen molar-refractivity contribution in [2.75, 3.05) is 38.3 Å². The highest BCUT2D eigenvalue weighted by Crippen LogP contribution is 2.30. The van der Waals surface area contributed by atoms with Crippen LogP contribution in [0.25, 0.3) is 10.9 Å². The average molecular weight is 516 g/mol. The Hall–Kier alpha value is -3.62. The van der Waals surface area contributed by atoms with Crippen molar-refractivity contribution in [3.05, 3.63) is 93.8 Å². The molecule has 0 spiro atoms. The number of anilines is 1. The van der Waals surface area contributed by atoms with Crippen LogP contribution >= 0.6 is 11.8 Å². The van der Waals surface area contributed by atoms with Gasteiger partial charge in [0.25, 0.3) is 5.56 Å². The summed E-state index contributed by atoms with van der Waals surface area (Å²) in [6.07, 6.45) is 0. The fraction of sp³-hybridized carbons (Fsp3) is 0.276. The zero-order valence-electron chi connectivity index (χ0n) is 21.0. The molecule has 5 rings (SSSR count). The number of hydrogen-bond donors (Lipinski definition) is 0. The zero-order valence-corrected chi connectivity index (χ0v) is 21.8. The predicted molar refractivity (Wildman–Crippen MR) is 147 cm³/mol. The minimum Gasteiger partial charge on any atom is -0.496 e. The smallest absolute Gasteiger partial charge is 0.262 e. The number of thioether (sulfide) groups is 1. The number of carbonyl (C=O) groups is 1. The molecule has 1 fully saturated rings. The Bertz CT molecular complexity index is 1480. The van der Waals surface area contributed by atoms with Crippen LogP contribution in [0, 0.1) is 0 Å². The van der Waals surface area contributed by atoms with Crippen LogP contribution in [-0.2, 0) is 17.0 Å². The van der Waals surface area contributed by atoms with Crippen LogP contribution in [0.5, 0.6) is 5.75 Å². The first-order chi connectivity index (χ1) is 18.0. The first-order valence-corrected chi connectivity index (χ1v) is 13.2. The van der Waals surface area contributed by atoms with Gasteiger partial charge >= 0.3 is 0 Å². The molecule has 0 radical (unpaired) electrons. The Morgan fingerprint density at radius 1 is 1.05 bits per heavy atom. The maximum atomic E-state index is 13.9. The number of ether oxygens (including phenoxy) is 2. The number of rotatable bonds is 8. The first-order valence-electron chi connectivity index (χ1n) is 12.3. The summed E-state index contributed by atoms with van der Waals surface area (Å²) in [5, 5.41) is 1.22. The Labute approximate surface area is 220 Å². The molecular weight excluding hydrogens is 486 g/mol. The Balaban J connectivity index is 1.55. The van der Waals surface area contributed by atoms with Gasteiger partial charge in [-0.25, -0.2) is 4.98 Å². The van der Waals surface area contributed by atoms with E-state index in [2.05, 4.69) is 4.90 Å². The lowest BCUT2D eigenvalue weighted by molar-refractivity contribution is 0.101. The highest BCUT2D eigenvalue weighted by Gasteiger charge is 2.17. The van der Waals surface area contributed by atoms with E-state index in [4.69, 9.17) is 14.5 Å². The minimum absolute atomic E-state index is 0.00482. The zero-order chi connectivity index (χ0) is 25.8. The predicted octanol–water partition coefficient (Wildman–Crippen LogP) is 4.78. The number of morpholine rings is 1. The van der Waals surface area contributed by atoms with Crippen molar-refractivity contribution in [1.29, 1.82) is 0 Å². The number of fused-ring (bicyclic) bond motifs is 1. The van der Waals surface area contributed by atoms with Crippen molar-refractivity contribution >= 4 is 34.1 Å². The molecule has 0 aliphatic carbocycles. The standard InChI is InChI=1S/C29H29N3O4S/c1-20(33)22-8-11-27(35-2)23(16-22)19-37-29-30-26-10-9-24(31-12-14-36-15-13-31)17-25(26)28(34)32(29)18-21-6-4-3-5-7-21/h3-11,16-17H,12-15,18-19H2,1-2H3. The largest absolute Gasteiger partial charge is 0.496 e. The van der Waals surface area contributed by atoms with E-state index < -0.39 is 0 Å². The van der Waals surface area contributed by atoms with Crippen molar-refractivity contribution in [3.8, 4) is 5.75 Å². The van der Waals surface area contributed by atoms with Crippen molar-refractivity contribution < 1.29 is 14.3 Å². The van der Waals surface area contributed by atoms with E-state index in [1.165, 1.54) is 11.8 Å². The summed E-state index contributed by atoms with van der Waals surface area (Å²) < 4.78 is 12.8. The highest BCUT2D eigenvalue weighted by molar-refractivity contribution is 7.98. The van der Waals surface area contributed by atoms with Gasteiger partial charge in [-0.2, -0.15) is 0 Å². The second-order valence-electron chi connectivity index (χ2n) is 8.94. The lowest BCUT2D eigenvalue weighted by atomic mass is 10.1. The molecule has 0 atom stereocenters. The molecule has 8 heteroatoms. The molecule has 190 valence electrons. The van der Waals surface area contributed by atoms with Crippen LogP contribution in [0.15, 0.2) is 76.7 Å². The number of aromatic nitrogens is 2.